The summed E-state index contributed by atoms with van der Waals surface area (Å²) in [6.07, 6.45) is 3.20. The Morgan fingerprint density at radius 1 is 1.33 bits per heavy atom. The Labute approximate surface area is 127 Å². The van der Waals surface area contributed by atoms with E-state index in [1.165, 1.54) is 19.3 Å². The topological polar surface area (TPSA) is 41.9 Å². The van der Waals surface area contributed by atoms with Gasteiger partial charge in [-0.2, -0.15) is 0 Å². The summed E-state index contributed by atoms with van der Waals surface area (Å²) < 4.78 is 10.6. The van der Waals surface area contributed by atoms with Gasteiger partial charge in [0.2, 0.25) is 0 Å². The zero-order chi connectivity index (χ0) is 15.2. The molecule has 1 aromatic carbocycles. The minimum atomic E-state index is -0.550. The summed E-state index contributed by atoms with van der Waals surface area (Å²) in [7, 11) is 3.26. The number of nitrogens with zero attached hydrogens (tertiary/aromatic N) is 1. The van der Waals surface area contributed by atoms with Crippen LogP contribution < -0.4 is 9.47 Å². The molecule has 118 valence electrons. The SMILES string of the molecule is CCC1CCCN(CC(O)c2cc(OC)ccc2OC)C1. The molecular weight excluding hydrogens is 266 g/mol. The van der Waals surface area contributed by atoms with Gasteiger partial charge in [-0.05, 0) is 43.5 Å². The van der Waals surface area contributed by atoms with Crippen LogP contribution in [0.3, 0.4) is 0 Å². The highest BCUT2D eigenvalue weighted by Gasteiger charge is 2.23. The molecule has 2 atom stereocenters. The zero-order valence-electron chi connectivity index (χ0n) is 13.3. The van der Waals surface area contributed by atoms with Crippen molar-refractivity contribution in [3.05, 3.63) is 23.8 Å². The molecule has 4 heteroatoms. The highest BCUT2D eigenvalue weighted by atomic mass is 16.5. The van der Waals surface area contributed by atoms with Gasteiger partial charge in [0.1, 0.15) is 11.5 Å². The average molecular weight is 293 g/mol. The number of β-amino-alcohol motifs (C(OH)–C–C–N with tert-alkyl or cyclic N) is 1. The Kier molecular flexibility index (Phi) is 5.88. The number of methoxy groups -OCH3 is 2. The second-order valence-electron chi connectivity index (χ2n) is 5.80. The summed E-state index contributed by atoms with van der Waals surface area (Å²) in [6, 6.07) is 5.57. The van der Waals surface area contributed by atoms with E-state index in [9.17, 15) is 5.11 Å². The summed E-state index contributed by atoms with van der Waals surface area (Å²) in [5.74, 6) is 2.22. The van der Waals surface area contributed by atoms with Gasteiger partial charge in [-0.1, -0.05) is 13.3 Å². The van der Waals surface area contributed by atoms with E-state index in [0.29, 0.717) is 12.3 Å². The van der Waals surface area contributed by atoms with E-state index in [0.717, 1.165) is 30.3 Å². The predicted octanol–water partition coefficient (Wildman–Crippen LogP) is 2.86. The van der Waals surface area contributed by atoms with E-state index >= 15 is 0 Å². The number of aliphatic hydroxyl groups excluding tert-OH is 1. The molecule has 0 spiro atoms. The van der Waals surface area contributed by atoms with Gasteiger partial charge in [-0.25, -0.2) is 0 Å². The molecule has 0 aliphatic carbocycles. The molecule has 1 heterocycles. The third-order valence-electron chi connectivity index (χ3n) is 4.41. The fourth-order valence-electron chi connectivity index (χ4n) is 3.09. The van der Waals surface area contributed by atoms with Crippen LogP contribution in [-0.4, -0.2) is 43.9 Å². The van der Waals surface area contributed by atoms with Crippen molar-refractivity contribution in [2.45, 2.75) is 32.3 Å². The molecule has 1 aliphatic rings. The molecule has 4 nitrogen and oxygen atoms in total. The molecule has 1 fully saturated rings. The molecular formula is C17H27NO3. The molecule has 2 rings (SSSR count). The van der Waals surface area contributed by atoms with Crippen molar-refractivity contribution in [1.29, 1.82) is 0 Å². The third-order valence-corrected chi connectivity index (χ3v) is 4.41. The molecule has 2 unspecified atom stereocenters. The maximum atomic E-state index is 10.6. The standard InChI is InChI=1S/C17H27NO3/c1-4-13-6-5-9-18(11-13)12-16(19)15-10-14(20-2)7-8-17(15)21-3/h7-8,10,13,16,19H,4-6,9,11-12H2,1-3H3. The number of likely N-dealkylation sites (tertiary alicyclic amines) is 1. The number of ether oxygens (including phenoxy) is 2. The summed E-state index contributed by atoms with van der Waals surface area (Å²) in [5, 5.41) is 10.6. The lowest BCUT2D eigenvalue weighted by atomic mass is 9.95. The van der Waals surface area contributed by atoms with E-state index < -0.39 is 6.10 Å². The summed E-state index contributed by atoms with van der Waals surface area (Å²) in [6.45, 7) is 5.05. The van der Waals surface area contributed by atoms with Gasteiger partial charge in [0, 0.05) is 18.7 Å². The molecule has 0 amide bonds. The molecule has 21 heavy (non-hydrogen) atoms. The third kappa shape index (κ3) is 4.11. The zero-order valence-corrected chi connectivity index (χ0v) is 13.3. The number of rotatable bonds is 6. The Morgan fingerprint density at radius 3 is 2.81 bits per heavy atom. The molecule has 0 saturated carbocycles. The second kappa shape index (κ2) is 7.66. The van der Waals surface area contributed by atoms with Crippen molar-refractivity contribution in [1.82, 2.24) is 4.90 Å². The normalized spacial score (nSPS) is 21.0. The first-order valence-corrected chi connectivity index (χ1v) is 7.80. The average Bonchev–Trinajstić information content (AvgIpc) is 2.54. The molecule has 1 aromatic rings. The van der Waals surface area contributed by atoms with Crippen LogP contribution in [0.15, 0.2) is 18.2 Å². The quantitative estimate of drug-likeness (QED) is 0.876. The van der Waals surface area contributed by atoms with Crippen LogP contribution in [0, 0.1) is 5.92 Å². The predicted molar refractivity (Wildman–Crippen MR) is 84.0 cm³/mol. The van der Waals surface area contributed by atoms with Gasteiger partial charge in [0.15, 0.2) is 0 Å². The molecule has 0 radical (unpaired) electrons. The van der Waals surface area contributed by atoms with Gasteiger partial charge in [0.05, 0.1) is 20.3 Å². The lowest BCUT2D eigenvalue weighted by Gasteiger charge is -2.33. The van der Waals surface area contributed by atoms with Gasteiger partial charge in [-0.15, -0.1) is 0 Å². The van der Waals surface area contributed by atoms with E-state index in [1.807, 2.05) is 18.2 Å². The summed E-state index contributed by atoms with van der Waals surface area (Å²) in [5.41, 5.74) is 0.801. The largest absolute Gasteiger partial charge is 0.497 e. The Morgan fingerprint density at radius 2 is 2.14 bits per heavy atom. The number of hydrogen-bond acceptors (Lipinski definition) is 4. The van der Waals surface area contributed by atoms with Crippen molar-refractivity contribution >= 4 is 0 Å². The number of piperidine rings is 1. The van der Waals surface area contributed by atoms with Crippen LogP contribution in [0.25, 0.3) is 0 Å². The van der Waals surface area contributed by atoms with Crippen LogP contribution in [0.4, 0.5) is 0 Å². The number of aliphatic hydroxyl groups is 1. The van der Waals surface area contributed by atoms with E-state index in [2.05, 4.69) is 11.8 Å². The molecule has 1 N–H and O–H groups in total. The van der Waals surface area contributed by atoms with Gasteiger partial charge < -0.3 is 19.5 Å². The van der Waals surface area contributed by atoms with Crippen LogP contribution in [-0.2, 0) is 0 Å². The van der Waals surface area contributed by atoms with Crippen molar-refractivity contribution in [3.8, 4) is 11.5 Å². The number of hydrogen-bond donors (Lipinski definition) is 1. The van der Waals surface area contributed by atoms with E-state index in [4.69, 9.17) is 9.47 Å². The Hall–Kier alpha value is -1.26. The first-order valence-electron chi connectivity index (χ1n) is 7.80. The maximum absolute atomic E-state index is 10.6. The molecule has 0 bridgehead atoms. The fourth-order valence-corrected chi connectivity index (χ4v) is 3.09. The first kappa shape index (κ1) is 16.1. The molecule has 1 saturated heterocycles. The van der Waals surface area contributed by atoms with Crippen LogP contribution in [0.2, 0.25) is 0 Å². The first-order chi connectivity index (χ1) is 10.2. The highest BCUT2D eigenvalue weighted by molar-refractivity contribution is 5.41. The monoisotopic (exact) mass is 293 g/mol. The van der Waals surface area contributed by atoms with Crippen molar-refractivity contribution in [2.24, 2.45) is 5.92 Å². The van der Waals surface area contributed by atoms with Crippen LogP contribution in [0.1, 0.15) is 37.9 Å². The highest BCUT2D eigenvalue weighted by Crippen LogP contribution is 2.30. The van der Waals surface area contributed by atoms with Crippen molar-refractivity contribution in [2.75, 3.05) is 33.9 Å². The minimum Gasteiger partial charge on any atom is -0.497 e. The lowest BCUT2D eigenvalue weighted by Crippen LogP contribution is -2.37. The summed E-state index contributed by atoms with van der Waals surface area (Å²) >= 11 is 0. The Balaban J connectivity index is 2.06. The van der Waals surface area contributed by atoms with Crippen LogP contribution in [0.5, 0.6) is 11.5 Å². The summed E-state index contributed by atoms with van der Waals surface area (Å²) in [4.78, 5) is 2.36. The maximum Gasteiger partial charge on any atom is 0.124 e. The Bertz CT molecular complexity index is 450. The van der Waals surface area contributed by atoms with Crippen LogP contribution >= 0.6 is 0 Å². The smallest absolute Gasteiger partial charge is 0.124 e. The fraction of sp³-hybridized carbons (Fsp3) is 0.647. The molecule has 0 aromatic heterocycles. The van der Waals surface area contributed by atoms with Gasteiger partial charge in [0.25, 0.3) is 0 Å². The van der Waals surface area contributed by atoms with E-state index in [1.54, 1.807) is 14.2 Å². The lowest BCUT2D eigenvalue weighted by molar-refractivity contribution is 0.0819. The van der Waals surface area contributed by atoms with Gasteiger partial charge in [-0.3, -0.25) is 0 Å². The minimum absolute atomic E-state index is 0.550. The second-order valence-corrected chi connectivity index (χ2v) is 5.80. The van der Waals surface area contributed by atoms with Crippen molar-refractivity contribution < 1.29 is 14.6 Å². The van der Waals surface area contributed by atoms with Crippen molar-refractivity contribution in [3.63, 3.8) is 0 Å². The van der Waals surface area contributed by atoms with Gasteiger partial charge >= 0.3 is 0 Å². The van der Waals surface area contributed by atoms with E-state index in [-0.39, 0.29) is 0 Å². The number of benzene rings is 1. The molecule has 1 aliphatic heterocycles.